The Morgan fingerprint density at radius 2 is 1.03 bits per heavy atom. The molecular weight excluding hydrogens is 982 g/mol. The van der Waals surface area contributed by atoms with Crippen LogP contribution in [0, 0.1) is 0 Å². The Bertz CT molecular complexity index is 2820. The maximum atomic E-state index is 13.5. The van der Waals surface area contributed by atoms with Gasteiger partial charge in [0, 0.05) is 17.3 Å². The maximum Gasteiger partial charge on any atom is 0.258 e. The van der Waals surface area contributed by atoms with Gasteiger partial charge in [-0.1, -0.05) is 47.5 Å². The summed E-state index contributed by atoms with van der Waals surface area (Å²) in [7, 11) is 2.90. The number of ether oxygens (including phenoxy) is 2. The van der Waals surface area contributed by atoms with E-state index in [1.807, 2.05) is 0 Å². The summed E-state index contributed by atoms with van der Waals surface area (Å²) >= 11 is 31.7. The number of alkyl halides is 3. The first-order valence-corrected chi connectivity index (χ1v) is 22.5. The largest absolute Gasteiger partial charge is 0.495 e. The molecule has 5 aromatic carbocycles. The zero-order chi connectivity index (χ0) is 49.8. The van der Waals surface area contributed by atoms with Crippen LogP contribution in [0.15, 0.2) is 111 Å². The first-order chi connectivity index (χ1) is 32.4. The Kier molecular flexibility index (Phi) is 18.6. The number of nitrogens with zero attached hydrogens (tertiary/aromatic N) is 4. The van der Waals surface area contributed by atoms with Crippen molar-refractivity contribution in [3.05, 3.63) is 129 Å². The van der Waals surface area contributed by atoms with Gasteiger partial charge in [-0.05, 0) is 111 Å². The molecule has 68 heavy (non-hydrogen) atoms. The van der Waals surface area contributed by atoms with Gasteiger partial charge in [-0.2, -0.15) is 20.5 Å². The van der Waals surface area contributed by atoms with Crippen LogP contribution in [0.4, 0.5) is 34.1 Å². The predicted molar refractivity (Wildman–Crippen MR) is 265 cm³/mol. The summed E-state index contributed by atoms with van der Waals surface area (Å²) in [6.45, 7) is 5.79. The number of azo groups is 2. The highest BCUT2D eigenvalue weighted by Crippen LogP contribution is 2.38. The fourth-order valence-electron chi connectivity index (χ4n) is 6.43. The maximum absolute atomic E-state index is 13.5. The summed E-state index contributed by atoms with van der Waals surface area (Å²) in [5, 5.41) is 26.1. The Morgan fingerprint density at radius 3 is 1.43 bits per heavy atom. The molecule has 0 aliphatic carbocycles. The van der Waals surface area contributed by atoms with Crippen LogP contribution in [-0.2, 0) is 25.1 Å². The minimum absolute atomic E-state index is 0.0158. The molecule has 0 fully saturated rings. The summed E-state index contributed by atoms with van der Waals surface area (Å²) < 4.78 is 10.8. The average Bonchev–Trinajstić information content (AvgIpc) is 3.30. The third-order valence-corrected chi connectivity index (χ3v) is 11.3. The van der Waals surface area contributed by atoms with E-state index in [1.54, 1.807) is 50.2 Å². The summed E-state index contributed by atoms with van der Waals surface area (Å²) in [5.74, 6) is -3.63. The number of ketones is 2. The number of hydrogen-bond donors (Lipinski definition) is 4. The Hall–Kier alpha value is -6.43. The van der Waals surface area contributed by atoms with E-state index in [-0.39, 0.29) is 49.8 Å². The monoisotopic (exact) mass is 1020 g/mol. The molecule has 0 saturated heterocycles. The predicted octanol–water partition coefficient (Wildman–Crippen LogP) is 12.2. The van der Waals surface area contributed by atoms with Gasteiger partial charge in [0.2, 0.25) is 12.1 Å². The third kappa shape index (κ3) is 13.2. The van der Waals surface area contributed by atoms with Crippen LogP contribution < -0.4 is 30.7 Å². The molecule has 4 amide bonds. The SMILES string of the molecule is COc1cccc(C(C)Cl)c1NC(=O)c1cc(N=NC(C(C)=O)C(=O)Nc2ccc(NC(=O)C(N=Nc3ccc(Cl)c(C(=O)Nc4c(OC)cccc4C(C)Cl)c3)C(C)=O)c(CCl)c2)ccc1Cl. The Balaban J connectivity index is 1.28. The first kappa shape index (κ1) is 52.5. The quantitative estimate of drug-likeness (QED) is 0.0353. The summed E-state index contributed by atoms with van der Waals surface area (Å²) in [4.78, 5) is 79.0. The van der Waals surface area contributed by atoms with Gasteiger partial charge in [0.05, 0.1) is 68.9 Å². The van der Waals surface area contributed by atoms with E-state index < -0.39 is 58.0 Å². The summed E-state index contributed by atoms with van der Waals surface area (Å²) in [6.07, 6.45) is 0. The topological polar surface area (TPSA) is 218 Å². The van der Waals surface area contributed by atoms with Crippen LogP contribution in [0.25, 0.3) is 0 Å². The Labute approximate surface area is 416 Å². The average molecular weight is 1030 g/mol. The minimum atomic E-state index is -1.63. The lowest BCUT2D eigenvalue weighted by Gasteiger charge is -2.17. The molecule has 5 rings (SSSR count). The number of carbonyl (C=O) groups is 6. The lowest BCUT2D eigenvalue weighted by atomic mass is 10.1. The van der Waals surface area contributed by atoms with Gasteiger partial charge in [0.15, 0.2) is 11.6 Å². The van der Waals surface area contributed by atoms with Crippen molar-refractivity contribution >= 4 is 127 Å². The van der Waals surface area contributed by atoms with Crippen LogP contribution in [0.2, 0.25) is 10.0 Å². The van der Waals surface area contributed by atoms with Gasteiger partial charge >= 0.3 is 0 Å². The van der Waals surface area contributed by atoms with E-state index in [0.29, 0.717) is 39.6 Å². The molecule has 4 N–H and O–H groups in total. The second-order valence-corrected chi connectivity index (χ2v) is 17.1. The molecule has 0 aromatic heterocycles. The summed E-state index contributed by atoms with van der Waals surface area (Å²) in [5.41, 5.74) is 2.86. The van der Waals surface area contributed by atoms with Crippen molar-refractivity contribution in [2.24, 2.45) is 20.5 Å². The second kappa shape index (κ2) is 24.0. The highest BCUT2D eigenvalue weighted by Gasteiger charge is 2.27. The molecular formula is C47H43Cl5N8O8. The molecule has 4 atom stereocenters. The molecule has 4 unspecified atom stereocenters. The number of benzene rings is 5. The van der Waals surface area contributed by atoms with E-state index >= 15 is 0 Å². The highest BCUT2D eigenvalue weighted by molar-refractivity contribution is 6.35. The number of Topliss-reactive ketones (excluding diaryl/α,β-unsaturated/α-hetero) is 2. The number of carbonyl (C=O) groups excluding carboxylic acids is 6. The van der Waals surface area contributed by atoms with E-state index in [4.69, 9.17) is 67.5 Å². The van der Waals surface area contributed by atoms with Crippen molar-refractivity contribution in [1.29, 1.82) is 0 Å². The summed E-state index contributed by atoms with van der Waals surface area (Å²) in [6, 6.07) is 19.7. The number of amides is 4. The van der Waals surface area contributed by atoms with Crippen molar-refractivity contribution in [2.45, 2.75) is 56.4 Å². The molecule has 5 aromatic rings. The van der Waals surface area contributed by atoms with Crippen molar-refractivity contribution in [3.8, 4) is 11.5 Å². The van der Waals surface area contributed by atoms with Gasteiger partial charge in [0.1, 0.15) is 11.5 Å². The second-order valence-electron chi connectivity index (χ2n) is 14.8. The lowest BCUT2D eigenvalue weighted by molar-refractivity contribution is -0.127. The number of para-hydroxylation sites is 2. The van der Waals surface area contributed by atoms with Crippen molar-refractivity contribution in [3.63, 3.8) is 0 Å². The number of halogens is 5. The van der Waals surface area contributed by atoms with Crippen LogP contribution in [-0.4, -0.2) is 61.5 Å². The molecule has 16 nitrogen and oxygen atoms in total. The first-order valence-electron chi connectivity index (χ1n) is 20.3. The van der Waals surface area contributed by atoms with Gasteiger partial charge in [-0.15, -0.1) is 34.8 Å². The normalized spacial score (nSPS) is 13.0. The molecule has 0 saturated carbocycles. The number of rotatable bonds is 19. The highest BCUT2D eigenvalue weighted by atomic mass is 35.5. The van der Waals surface area contributed by atoms with E-state index in [1.165, 1.54) is 68.8 Å². The van der Waals surface area contributed by atoms with Crippen LogP contribution in [0.1, 0.15) is 75.9 Å². The smallest absolute Gasteiger partial charge is 0.258 e. The molecule has 0 spiro atoms. The fraction of sp³-hybridized carbons (Fsp3) is 0.234. The zero-order valence-electron chi connectivity index (χ0n) is 37.1. The number of nitrogens with one attached hydrogen (secondary N) is 4. The number of methoxy groups -OCH3 is 2. The van der Waals surface area contributed by atoms with E-state index in [9.17, 15) is 28.8 Å². The van der Waals surface area contributed by atoms with Crippen LogP contribution in [0.3, 0.4) is 0 Å². The number of hydrogen-bond acceptors (Lipinski definition) is 12. The van der Waals surface area contributed by atoms with Crippen molar-refractivity contribution in [2.75, 3.05) is 35.5 Å². The number of anilines is 4. The van der Waals surface area contributed by atoms with Crippen LogP contribution in [0.5, 0.6) is 11.5 Å². The van der Waals surface area contributed by atoms with Crippen molar-refractivity contribution in [1.82, 2.24) is 0 Å². The standard InChI is InChI=1S/C47H43Cl5N8O8/c1-23(49)31-9-7-11-38(67-5)42(31)55-44(63)33-20-29(13-16-35(33)51)57-59-40(25(3)61)46(65)53-28-15-18-37(27(19-28)22-48)54-47(66)41(26(4)62)60-58-30-14-17-36(52)34(21-30)45(64)56-43-32(24(2)50)10-8-12-39(43)68-6/h7-21,23-24,40-41H,22H2,1-6H3,(H,53,65)(H,54,66)(H,55,63)(H,56,64). The molecule has 0 radical (unpaired) electrons. The molecule has 0 bridgehead atoms. The third-order valence-electron chi connectivity index (χ3n) is 9.90. The van der Waals surface area contributed by atoms with Gasteiger partial charge in [0.25, 0.3) is 23.6 Å². The Morgan fingerprint density at radius 1 is 0.588 bits per heavy atom. The molecule has 0 aliphatic rings. The van der Waals surface area contributed by atoms with Gasteiger partial charge < -0.3 is 30.7 Å². The minimum Gasteiger partial charge on any atom is -0.495 e. The van der Waals surface area contributed by atoms with Crippen LogP contribution >= 0.6 is 58.0 Å². The molecule has 0 heterocycles. The molecule has 21 heteroatoms. The van der Waals surface area contributed by atoms with Gasteiger partial charge in [-0.3, -0.25) is 28.8 Å². The lowest BCUT2D eigenvalue weighted by Crippen LogP contribution is -2.32. The zero-order valence-corrected chi connectivity index (χ0v) is 40.9. The molecule has 0 aliphatic heterocycles. The fourth-order valence-corrected chi connectivity index (χ4v) is 7.42. The van der Waals surface area contributed by atoms with E-state index in [2.05, 4.69) is 41.7 Å². The van der Waals surface area contributed by atoms with Crippen molar-refractivity contribution < 1.29 is 38.2 Å². The van der Waals surface area contributed by atoms with E-state index in [0.717, 1.165) is 13.8 Å². The van der Waals surface area contributed by atoms with Gasteiger partial charge in [-0.25, -0.2) is 0 Å². The molecule has 354 valence electrons.